The highest BCUT2D eigenvalue weighted by Crippen LogP contribution is 2.03. The summed E-state index contributed by atoms with van der Waals surface area (Å²) in [4.78, 5) is 77.2. The van der Waals surface area contributed by atoms with Gasteiger partial charge in [-0.3, -0.25) is 24.0 Å². The molecular weight excluding hydrogens is 428 g/mol. The van der Waals surface area contributed by atoms with E-state index in [1.54, 1.807) is 0 Å². The maximum absolute atomic E-state index is 12.7. The third kappa shape index (κ3) is 9.21. The molecule has 1 aromatic rings. The van der Waals surface area contributed by atoms with Crippen molar-refractivity contribution in [2.24, 2.45) is 17.2 Å². The lowest BCUT2D eigenvalue weighted by Crippen LogP contribution is -2.57. The molecular formula is C17H26N8O7. The molecule has 3 atom stereocenters. The lowest BCUT2D eigenvalue weighted by Gasteiger charge is -2.23. The number of rotatable bonds is 14. The van der Waals surface area contributed by atoms with Crippen LogP contribution >= 0.6 is 0 Å². The first-order valence-electron chi connectivity index (χ1n) is 9.40. The van der Waals surface area contributed by atoms with Crippen molar-refractivity contribution in [1.82, 2.24) is 25.9 Å². The number of carbonyl (C=O) groups excluding carboxylic acids is 5. The highest BCUT2D eigenvalue weighted by atomic mass is 16.4. The molecule has 0 saturated heterocycles. The van der Waals surface area contributed by atoms with Gasteiger partial charge in [-0.1, -0.05) is 0 Å². The zero-order valence-corrected chi connectivity index (χ0v) is 17.0. The van der Waals surface area contributed by atoms with Gasteiger partial charge in [0.05, 0.1) is 19.3 Å². The molecule has 32 heavy (non-hydrogen) atoms. The molecule has 0 aliphatic carbocycles. The van der Waals surface area contributed by atoms with Gasteiger partial charge in [0.25, 0.3) is 0 Å². The molecule has 0 saturated carbocycles. The molecule has 1 rings (SSSR count). The molecule has 0 fully saturated rings. The molecule has 0 aliphatic heterocycles. The highest BCUT2D eigenvalue weighted by molar-refractivity contribution is 5.96. The third-order valence-electron chi connectivity index (χ3n) is 4.15. The number of nitrogens with zero attached hydrogens (tertiary/aromatic N) is 1. The summed E-state index contributed by atoms with van der Waals surface area (Å²) in [6.07, 6.45) is 1.46. The first-order chi connectivity index (χ1) is 15.0. The van der Waals surface area contributed by atoms with Crippen LogP contribution in [0.3, 0.4) is 0 Å². The standard InChI is InChI=1S/C17H26N8O7/c18-5-14(28)23-10(3-8-6-21-7-22-8)15(29)25-11(4-13(20)27)16(30)24-9(17(31)32)1-2-12(19)26/h6-7,9-11H,1-5,18H2,(H2,19,26)(H2,20,27)(H,21,22)(H,23,28)(H,24,30)(H,25,29)(H,31,32). The predicted octanol–water partition coefficient (Wildman–Crippen LogP) is -4.41. The first kappa shape index (κ1) is 26.0. The molecule has 0 aliphatic rings. The fourth-order valence-electron chi connectivity index (χ4n) is 2.58. The van der Waals surface area contributed by atoms with Gasteiger partial charge in [0.1, 0.15) is 18.1 Å². The van der Waals surface area contributed by atoms with E-state index in [0.717, 1.165) is 0 Å². The highest BCUT2D eigenvalue weighted by Gasteiger charge is 2.30. The lowest BCUT2D eigenvalue weighted by atomic mass is 10.1. The molecule has 1 aromatic heterocycles. The van der Waals surface area contributed by atoms with Crippen molar-refractivity contribution in [3.63, 3.8) is 0 Å². The number of carbonyl (C=O) groups is 6. The van der Waals surface area contributed by atoms with E-state index in [4.69, 9.17) is 17.2 Å². The minimum atomic E-state index is -1.55. The van der Waals surface area contributed by atoms with E-state index in [2.05, 4.69) is 25.9 Å². The number of aromatic nitrogens is 2. The van der Waals surface area contributed by atoms with E-state index in [1.165, 1.54) is 12.5 Å². The van der Waals surface area contributed by atoms with Gasteiger partial charge in [0, 0.05) is 24.7 Å². The Morgan fingerprint density at radius 1 is 0.969 bits per heavy atom. The van der Waals surface area contributed by atoms with Crippen molar-refractivity contribution in [2.75, 3.05) is 6.54 Å². The Bertz CT molecular complexity index is 842. The second-order valence-corrected chi connectivity index (χ2v) is 6.74. The summed E-state index contributed by atoms with van der Waals surface area (Å²) in [5.74, 6) is -5.71. The Hall–Kier alpha value is -4.01. The second kappa shape index (κ2) is 12.6. The van der Waals surface area contributed by atoms with Crippen molar-refractivity contribution in [3.8, 4) is 0 Å². The number of aliphatic carboxylic acids is 1. The van der Waals surface area contributed by atoms with Gasteiger partial charge in [0.2, 0.25) is 29.5 Å². The number of nitrogens with two attached hydrogens (primary N) is 3. The summed E-state index contributed by atoms with van der Waals surface area (Å²) in [6.45, 7) is -0.405. The molecule has 3 unspecified atom stereocenters. The number of primary amides is 2. The van der Waals surface area contributed by atoms with Gasteiger partial charge in [-0.15, -0.1) is 0 Å². The molecule has 0 radical (unpaired) electrons. The van der Waals surface area contributed by atoms with E-state index in [-0.39, 0.29) is 19.3 Å². The van der Waals surface area contributed by atoms with Crippen LogP contribution in [0.15, 0.2) is 12.5 Å². The molecule has 0 spiro atoms. The van der Waals surface area contributed by atoms with Gasteiger partial charge in [-0.2, -0.15) is 0 Å². The van der Waals surface area contributed by atoms with Gasteiger partial charge >= 0.3 is 5.97 Å². The average molecular weight is 454 g/mol. The minimum absolute atomic E-state index is 0.0428. The monoisotopic (exact) mass is 454 g/mol. The number of nitrogens with one attached hydrogen (secondary N) is 4. The third-order valence-corrected chi connectivity index (χ3v) is 4.15. The molecule has 0 aromatic carbocycles. The Morgan fingerprint density at radius 3 is 2.09 bits per heavy atom. The molecule has 0 bridgehead atoms. The van der Waals surface area contributed by atoms with Crippen LogP contribution in [0.4, 0.5) is 0 Å². The van der Waals surface area contributed by atoms with Crippen molar-refractivity contribution in [2.45, 2.75) is 43.8 Å². The van der Waals surface area contributed by atoms with E-state index in [9.17, 15) is 33.9 Å². The molecule has 15 heteroatoms. The van der Waals surface area contributed by atoms with Gasteiger partial charge in [0.15, 0.2) is 0 Å². The van der Waals surface area contributed by atoms with E-state index < -0.39 is 66.6 Å². The van der Waals surface area contributed by atoms with E-state index in [0.29, 0.717) is 5.69 Å². The minimum Gasteiger partial charge on any atom is -0.480 e. The number of aromatic amines is 1. The number of imidazole rings is 1. The molecule has 11 N–H and O–H groups in total. The number of carboxylic acids is 1. The second-order valence-electron chi connectivity index (χ2n) is 6.74. The fraction of sp³-hybridized carbons (Fsp3) is 0.471. The van der Waals surface area contributed by atoms with E-state index >= 15 is 0 Å². The van der Waals surface area contributed by atoms with Crippen LogP contribution in [-0.4, -0.2) is 75.2 Å². The Kier molecular flexibility index (Phi) is 10.3. The Labute approximate surface area is 181 Å². The topological polar surface area (TPSA) is 265 Å². The van der Waals surface area contributed by atoms with Crippen LogP contribution in [0, 0.1) is 0 Å². The fourth-order valence-corrected chi connectivity index (χ4v) is 2.58. The van der Waals surface area contributed by atoms with Crippen molar-refractivity contribution in [1.29, 1.82) is 0 Å². The van der Waals surface area contributed by atoms with Crippen LogP contribution in [0.1, 0.15) is 25.0 Å². The Morgan fingerprint density at radius 2 is 1.59 bits per heavy atom. The average Bonchev–Trinajstić information content (AvgIpc) is 3.22. The van der Waals surface area contributed by atoms with Crippen LogP contribution in [0.25, 0.3) is 0 Å². The van der Waals surface area contributed by atoms with Gasteiger partial charge in [-0.05, 0) is 6.42 Å². The normalized spacial score (nSPS) is 13.3. The van der Waals surface area contributed by atoms with Crippen LogP contribution in [0.5, 0.6) is 0 Å². The van der Waals surface area contributed by atoms with Gasteiger partial charge < -0.3 is 43.2 Å². The summed E-state index contributed by atoms with van der Waals surface area (Å²) in [7, 11) is 0. The van der Waals surface area contributed by atoms with Crippen molar-refractivity contribution < 1.29 is 33.9 Å². The molecule has 15 nitrogen and oxygen atoms in total. The largest absolute Gasteiger partial charge is 0.480 e. The number of hydrogen-bond donors (Lipinski definition) is 8. The predicted molar refractivity (Wildman–Crippen MR) is 107 cm³/mol. The summed E-state index contributed by atoms with van der Waals surface area (Å²) >= 11 is 0. The van der Waals surface area contributed by atoms with Crippen LogP contribution in [0.2, 0.25) is 0 Å². The van der Waals surface area contributed by atoms with Crippen molar-refractivity contribution >= 4 is 35.5 Å². The maximum atomic E-state index is 12.7. The van der Waals surface area contributed by atoms with Gasteiger partial charge in [-0.25, -0.2) is 9.78 Å². The molecule has 1 heterocycles. The first-order valence-corrected chi connectivity index (χ1v) is 9.40. The number of carboxylic acid groups (broad SMARTS) is 1. The summed E-state index contributed by atoms with van der Waals surface area (Å²) in [5, 5.41) is 16.0. The Balaban J connectivity index is 2.97. The quantitative estimate of drug-likeness (QED) is 0.135. The zero-order chi connectivity index (χ0) is 24.3. The molecule has 5 amide bonds. The smallest absolute Gasteiger partial charge is 0.326 e. The summed E-state index contributed by atoms with van der Waals surface area (Å²) in [5.41, 5.74) is 15.9. The van der Waals surface area contributed by atoms with Crippen LogP contribution in [-0.2, 0) is 35.2 Å². The molecule has 176 valence electrons. The van der Waals surface area contributed by atoms with Crippen molar-refractivity contribution in [3.05, 3.63) is 18.2 Å². The zero-order valence-electron chi connectivity index (χ0n) is 17.0. The number of amides is 5. The maximum Gasteiger partial charge on any atom is 0.326 e. The van der Waals surface area contributed by atoms with Crippen LogP contribution < -0.4 is 33.2 Å². The number of hydrogen-bond acceptors (Lipinski definition) is 8. The summed E-state index contributed by atoms with van der Waals surface area (Å²) in [6, 6.07) is -4.24. The van der Waals surface area contributed by atoms with E-state index in [1.807, 2.05) is 0 Å². The lowest BCUT2D eigenvalue weighted by molar-refractivity contribution is -0.142. The summed E-state index contributed by atoms with van der Waals surface area (Å²) < 4.78 is 0. The number of H-pyrrole nitrogens is 1. The SMILES string of the molecule is NCC(=O)NC(Cc1cnc[nH]1)C(=O)NC(CC(N)=O)C(=O)NC(CCC(N)=O)C(=O)O.